The first kappa shape index (κ1) is 11.8. The van der Waals surface area contributed by atoms with Crippen LogP contribution in [-0.2, 0) is 6.61 Å². The van der Waals surface area contributed by atoms with Gasteiger partial charge in [0.1, 0.15) is 12.4 Å². The molecular weight excluding hydrogens is 238 g/mol. The molecule has 0 saturated carbocycles. The van der Waals surface area contributed by atoms with Crippen LogP contribution in [0, 0.1) is 0 Å². The summed E-state index contributed by atoms with van der Waals surface area (Å²) in [4.78, 5) is 13.8. The smallest absolute Gasteiger partial charge is 0.184 e. The summed E-state index contributed by atoms with van der Waals surface area (Å²) in [5.41, 5.74) is 2.86. The Morgan fingerprint density at radius 1 is 1.16 bits per heavy atom. The van der Waals surface area contributed by atoms with E-state index in [9.17, 15) is 4.79 Å². The van der Waals surface area contributed by atoms with Crippen molar-refractivity contribution in [2.45, 2.75) is 6.61 Å². The molecule has 0 aliphatic carbocycles. The van der Waals surface area contributed by atoms with Gasteiger partial charge in [-0.05, 0) is 23.8 Å². The Kier molecular flexibility index (Phi) is 2.95. The van der Waals surface area contributed by atoms with Gasteiger partial charge in [0.15, 0.2) is 5.78 Å². The third-order valence-electron chi connectivity index (χ3n) is 3.31. The number of hydrogen-bond acceptors (Lipinski definition) is 3. The lowest BCUT2D eigenvalue weighted by Crippen LogP contribution is -2.15. The summed E-state index contributed by atoms with van der Waals surface area (Å²) in [5, 5.41) is 0. The number of carbonyl (C=O) groups excluding carboxylic acids is 1. The average Bonchev–Trinajstić information content (AvgIpc) is 2.73. The highest BCUT2D eigenvalue weighted by Crippen LogP contribution is 2.30. The zero-order valence-electron chi connectivity index (χ0n) is 10.8. The molecule has 0 spiro atoms. The van der Waals surface area contributed by atoms with E-state index in [0.717, 1.165) is 22.6 Å². The van der Waals surface area contributed by atoms with E-state index in [-0.39, 0.29) is 5.78 Å². The number of fused-ring (bicyclic) bond motifs is 1. The number of benzene rings is 2. The van der Waals surface area contributed by atoms with Gasteiger partial charge in [0, 0.05) is 18.3 Å². The molecule has 0 fully saturated rings. The number of Topliss-reactive ketones (excluding diaryl/α,β-unsaturated/α-hetero) is 1. The minimum absolute atomic E-state index is 0.155. The van der Waals surface area contributed by atoms with Crippen LogP contribution in [0.2, 0.25) is 0 Å². The Morgan fingerprint density at radius 2 is 1.95 bits per heavy atom. The van der Waals surface area contributed by atoms with Crippen LogP contribution in [0.25, 0.3) is 0 Å². The molecule has 3 heteroatoms. The standard InChI is InChI=1S/C16H15NO2/c1-17-10-16(18)14-9-13(7-8-15(14)17)19-11-12-5-3-2-4-6-12/h2-9H,10-11H2,1H3. The second-order valence-electron chi connectivity index (χ2n) is 4.73. The Balaban J connectivity index is 1.77. The maximum Gasteiger partial charge on any atom is 0.184 e. The van der Waals surface area contributed by atoms with Gasteiger partial charge in [-0.1, -0.05) is 30.3 Å². The first-order chi connectivity index (χ1) is 9.24. The molecular formula is C16H15NO2. The van der Waals surface area contributed by atoms with Crippen molar-refractivity contribution in [2.75, 3.05) is 18.5 Å². The van der Waals surface area contributed by atoms with E-state index >= 15 is 0 Å². The maximum atomic E-state index is 11.8. The van der Waals surface area contributed by atoms with Gasteiger partial charge in [-0.3, -0.25) is 4.79 Å². The number of ether oxygens (including phenoxy) is 1. The summed E-state index contributed by atoms with van der Waals surface area (Å²) >= 11 is 0. The van der Waals surface area contributed by atoms with Gasteiger partial charge in [-0.15, -0.1) is 0 Å². The van der Waals surface area contributed by atoms with Gasteiger partial charge in [-0.25, -0.2) is 0 Å². The quantitative estimate of drug-likeness (QED) is 0.842. The van der Waals surface area contributed by atoms with Crippen LogP contribution in [0.4, 0.5) is 5.69 Å². The van der Waals surface area contributed by atoms with Crippen LogP contribution < -0.4 is 9.64 Å². The summed E-state index contributed by atoms with van der Waals surface area (Å²) in [5.74, 6) is 0.897. The summed E-state index contributed by atoms with van der Waals surface area (Å²) in [6.45, 7) is 0.973. The molecule has 0 radical (unpaired) electrons. The third kappa shape index (κ3) is 2.32. The lowest BCUT2D eigenvalue weighted by Gasteiger charge is -2.11. The van der Waals surface area contributed by atoms with Crippen molar-refractivity contribution in [3.05, 3.63) is 59.7 Å². The first-order valence-electron chi connectivity index (χ1n) is 6.29. The van der Waals surface area contributed by atoms with Crippen molar-refractivity contribution in [3.63, 3.8) is 0 Å². The lowest BCUT2D eigenvalue weighted by molar-refractivity contribution is 0.101. The van der Waals surface area contributed by atoms with Crippen molar-refractivity contribution in [1.82, 2.24) is 0 Å². The van der Waals surface area contributed by atoms with Crippen LogP contribution in [0.5, 0.6) is 5.75 Å². The Hall–Kier alpha value is -2.29. The Morgan fingerprint density at radius 3 is 2.74 bits per heavy atom. The maximum absolute atomic E-state index is 11.8. The number of ketones is 1. The van der Waals surface area contributed by atoms with Crippen molar-refractivity contribution in [3.8, 4) is 5.75 Å². The summed E-state index contributed by atoms with van der Waals surface area (Å²) < 4.78 is 5.73. The van der Waals surface area contributed by atoms with Crippen LogP contribution in [-0.4, -0.2) is 19.4 Å². The highest BCUT2D eigenvalue weighted by atomic mass is 16.5. The zero-order valence-corrected chi connectivity index (χ0v) is 10.8. The molecule has 2 aromatic rings. The average molecular weight is 253 g/mol. The second-order valence-corrected chi connectivity index (χ2v) is 4.73. The van der Waals surface area contributed by atoms with Crippen molar-refractivity contribution >= 4 is 11.5 Å². The number of anilines is 1. The van der Waals surface area contributed by atoms with E-state index < -0.39 is 0 Å². The van der Waals surface area contributed by atoms with Crippen molar-refractivity contribution in [1.29, 1.82) is 0 Å². The number of carbonyl (C=O) groups is 1. The fourth-order valence-electron chi connectivity index (χ4n) is 2.29. The van der Waals surface area contributed by atoms with Gasteiger partial charge >= 0.3 is 0 Å². The predicted molar refractivity (Wildman–Crippen MR) is 74.8 cm³/mol. The molecule has 2 aromatic carbocycles. The Labute approximate surface area is 112 Å². The number of rotatable bonds is 3. The predicted octanol–water partition coefficient (Wildman–Crippen LogP) is 2.90. The molecule has 0 bridgehead atoms. The van der Waals surface area contributed by atoms with Crippen LogP contribution in [0.3, 0.4) is 0 Å². The van der Waals surface area contributed by atoms with E-state index in [1.165, 1.54) is 0 Å². The largest absolute Gasteiger partial charge is 0.489 e. The Bertz CT molecular complexity index is 607. The SMILES string of the molecule is CN1CC(=O)c2cc(OCc3ccccc3)ccc21. The van der Waals surface area contributed by atoms with Gasteiger partial charge in [0.05, 0.1) is 6.54 Å². The number of hydrogen-bond donors (Lipinski definition) is 0. The first-order valence-corrected chi connectivity index (χ1v) is 6.29. The van der Waals surface area contributed by atoms with Crippen molar-refractivity contribution in [2.24, 2.45) is 0 Å². The van der Waals surface area contributed by atoms with Gasteiger partial charge in [0.2, 0.25) is 0 Å². The topological polar surface area (TPSA) is 29.5 Å². The fraction of sp³-hybridized carbons (Fsp3) is 0.188. The second kappa shape index (κ2) is 4.76. The third-order valence-corrected chi connectivity index (χ3v) is 3.31. The van der Waals surface area contributed by atoms with E-state index in [2.05, 4.69) is 0 Å². The summed E-state index contributed by atoms with van der Waals surface area (Å²) in [6, 6.07) is 15.7. The molecule has 1 heterocycles. The molecule has 0 aromatic heterocycles. The minimum Gasteiger partial charge on any atom is -0.489 e. The highest BCUT2D eigenvalue weighted by molar-refractivity contribution is 6.08. The van der Waals surface area contributed by atoms with Gasteiger partial charge in [-0.2, -0.15) is 0 Å². The normalized spacial score (nSPS) is 13.5. The van der Waals surface area contributed by atoms with E-state index in [4.69, 9.17) is 4.74 Å². The van der Waals surface area contributed by atoms with E-state index in [1.807, 2.05) is 60.5 Å². The van der Waals surface area contributed by atoms with E-state index in [1.54, 1.807) is 0 Å². The van der Waals surface area contributed by atoms with Crippen LogP contribution in [0.15, 0.2) is 48.5 Å². The molecule has 3 nitrogen and oxygen atoms in total. The van der Waals surface area contributed by atoms with Gasteiger partial charge in [0.25, 0.3) is 0 Å². The molecule has 0 atom stereocenters. The van der Waals surface area contributed by atoms with E-state index in [0.29, 0.717) is 13.2 Å². The molecule has 1 aliphatic heterocycles. The highest BCUT2D eigenvalue weighted by Gasteiger charge is 2.24. The summed E-state index contributed by atoms with van der Waals surface area (Å²) in [6.07, 6.45) is 0. The van der Waals surface area contributed by atoms with Crippen LogP contribution >= 0.6 is 0 Å². The molecule has 3 rings (SSSR count). The number of likely N-dealkylation sites (N-methyl/N-ethyl adjacent to an activating group) is 1. The molecule has 19 heavy (non-hydrogen) atoms. The van der Waals surface area contributed by atoms with Crippen LogP contribution in [0.1, 0.15) is 15.9 Å². The monoisotopic (exact) mass is 253 g/mol. The van der Waals surface area contributed by atoms with Crippen molar-refractivity contribution < 1.29 is 9.53 Å². The molecule has 0 saturated heterocycles. The molecule has 0 amide bonds. The zero-order chi connectivity index (χ0) is 13.2. The fourth-order valence-corrected chi connectivity index (χ4v) is 2.29. The minimum atomic E-state index is 0.155. The molecule has 1 aliphatic rings. The van der Waals surface area contributed by atoms with Gasteiger partial charge < -0.3 is 9.64 Å². The molecule has 0 N–H and O–H groups in total. The lowest BCUT2D eigenvalue weighted by atomic mass is 10.1. The number of nitrogens with zero attached hydrogens (tertiary/aromatic N) is 1. The molecule has 96 valence electrons. The molecule has 0 unspecified atom stereocenters. The summed E-state index contributed by atoms with van der Waals surface area (Å²) in [7, 11) is 1.92.